The number of nitrogens with one attached hydrogen (secondary N) is 1. The molecule has 23 heavy (non-hydrogen) atoms. The molecule has 0 unspecified atom stereocenters. The van der Waals surface area contributed by atoms with Crippen molar-refractivity contribution < 1.29 is 9.47 Å². The van der Waals surface area contributed by atoms with Gasteiger partial charge in [0, 0.05) is 25.4 Å². The van der Waals surface area contributed by atoms with Gasteiger partial charge in [-0.2, -0.15) is 0 Å². The summed E-state index contributed by atoms with van der Waals surface area (Å²) in [4.78, 5) is 4.09. The van der Waals surface area contributed by atoms with E-state index in [0.29, 0.717) is 48.0 Å². The molecule has 2 rings (SSSR count). The van der Waals surface area contributed by atoms with Crippen LogP contribution >= 0.6 is 23.2 Å². The first-order valence-electron chi connectivity index (χ1n) is 7.56. The Kier molecular flexibility index (Phi) is 7.46. The fraction of sp³-hybridized carbons (Fsp3) is 0.353. The van der Waals surface area contributed by atoms with E-state index in [-0.39, 0.29) is 0 Å². The van der Waals surface area contributed by atoms with Crippen LogP contribution in [-0.2, 0) is 6.54 Å². The summed E-state index contributed by atoms with van der Waals surface area (Å²) in [6.07, 6.45) is 2.61. The van der Waals surface area contributed by atoms with Gasteiger partial charge in [-0.3, -0.25) is 0 Å². The third-order valence-electron chi connectivity index (χ3n) is 3.00. The largest absolute Gasteiger partial charge is 0.490 e. The molecule has 0 radical (unpaired) electrons. The molecule has 1 aromatic carbocycles. The zero-order valence-corrected chi connectivity index (χ0v) is 14.5. The highest BCUT2D eigenvalue weighted by molar-refractivity contribution is 6.37. The number of rotatable bonds is 9. The van der Waals surface area contributed by atoms with Crippen LogP contribution in [0.5, 0.6) is 11.6 Å². The number of aromatic nitrogens is 1. The molecular formula is C17H20Cl2N2O2. The summed E-state index contributed by atoms with van der Waals surface area (Å²) >= 11 is 12.4. The molecule has 0 atom stereocenters. The average molecular weight is 355 g/mol. The zero-order chi connectivity index (χ0) is 16.5. The Labute approximate surface area is 146 Å². The number of halogens is 2. The molecule has 0 aliphatic rings. The Morgan fingerprint density at radius 1 is 1.09 bits per heavy atom. The van der Waals surface area contributed by atoms with Crippen molar-refractivity contribution in [2.45, 2.75) is 19.9 Å². The van der Waals surface area contributed by atoms with E-state index in [1.165, 1.54) is 0 Å². The van der Waals surface area contributed by atoms with Crippen molar-refractivity contribution in [3.8, 4) is 11.6 Å². The zero-order valence-electron chi connectivity index (χ0n) is 13.0. The molecule has 0 amide bonds. The Bertz CT molecular complexity index is 586. The fourth-order valence-electron chi connectivity index (χ4n) is 1.95. The summed E-state index contributed by atoms with van der Waals surface area (Å²) in [7, 11) is 0. The molecule has 6 heteroatoms. The third-order valence-corrected chi connectivity index (χ3v) is 3.57. The summed E-state index contributed by atoms with van der Waals surface area (Å²) < 4.78 is 11.1. The number of benzene rings is 1. The first kappa shape index (κ1) is 17.9. The fourth-order valence-corrected chi connectivity index (χ4v) is 2.59. The van der Waals surface area contributed by atoms with Gasteiger partial charge >= 0.3 is 0 Å². The van der Waals surface area contributed by atoms with Crippen LogP contribution in [0, 0.1) is 0 Å². The molecule has 0 bridgehead atoms. The summed E-state index contributed by atoms with van der Waals surface area (Å²) in [5.74, 6) is 1.18. The molecule has 4 nitrogen and oxygen atoms in total. The maximum absolute atomic E-state index is 6.22. The number of nitrogens with zero attached hydrogens (tertiary/aromatic N) is 1. The Morgan fingerprint density at radius 3 is 2.52 bits per heavy atom. The second kappa shape index (κ2) is 9.60. The summed E-state index contributed by atoms with van der Waals surface area (Å²) in [5.41, 5.74) is 1.00. The lowest BCUT2D eigenvalue weighted by Gasteiger charge is -2.12. The molecule has 0 fully saturated rings. The van der Waals surface area contributed by atoms with Crippen molar-refractivity contribution in [3.63, 3.8) is 0 Å². The molecule has 0 aliphatic heterocycles. The molecule has 0 spiro atoms. The smallest absolute Gasteiger partial charge is 0.213 e. The predicted molar refractivity (Wildman–Crippen MR) is 93.7 cm³/mol. The van der Waals surface area contributed by atoms with E-state index in [0.717, 1.165) is 12.0 Å². The third kappa shape index (κ3) is 5.90. The van der Waals surface area contributed by atoms with E-state index in [2.05, 4.69) is 10.3 Å². The first-order valence-corrected chi connectivity index (χ1v) is 8.31. The van der Waals surface area contributed by atoms with Gasteiger partial charge in [-0.25, -0.2) is 4.98 Å². The molecule has 0 saturated heterocycles. The van der Waals surface area contributed by atoms with Crippen molar-refractivity contribution in [3.05, 3.63) is 52.1 Å². The van der Waals surface area contributed by atoms with Crippen molar-refractivity contribution in [1.82, 2.24) is 10.3 Å². The molecule has 0 aliphatic carbocycles. The molecule has 124 valence electrons. The minimum absolute atomic E-state index is 0.535. The molecule has 1 N–H and O–H groups in total. The Balaban J connectivity index is 1.77. The van der Waals surface area contributed by atoms with E-state index in [1.54, 1.807) is 6.20 Å². The predicted octanol–water partition coefficient (Wildman–Crippen LogP) is 4.35. The van der Waals surface area contributed by atoms with Crippen LogP contribution < -0.4 is 14.8 Å². The summed E-state index contributed by atoms with van der Waals surface area (Å²) in [6.45, 7) is 4.52. The van der Waals surface area contributed by atoms with E-state index in [1.807, 2.05) is 37.3 Å². The van der Waals surface area contributed by atoms with Crippen LogP contribution in [0.15, 0.2) is 36.5 Å². The van der Waals surface area contributed by atoms with Crippen molar-refractivity contribution in [2.75, 3.05) is 19.8 Å². The minimum atomic E-state index is 0.535. The number of hydrogen-bond donors (Lipinski definition) is 1. The highest BCUT2D eigenvalue weighted by Crippen LogP contribution is 2.34. The van der Waals surface area contributed by atoms with Gasteiger partial charge in [0.05, 0.1) is 16.7 Å². The number of ether oxygens (including phenoxy) is 2. The quantitative estimate of drug-likeness (QED) is 0.680. The Hall–Kier alpha value is -1.49. The lowest BCUT2D eigenvalue weighted by atomic mass is 10.2. The minimum Gasteiger partial charge on any atom is -0.490 e. The van der Waals surface area contributed by atoms with Crippen molar-refractivity contribution in [2.24, 2.45) is 0 Å². The van der Waals surface area contributed by atoms with Crippen LogP contribution in [0.1, 0.15) is 18.9 Å². The Morgan fingerprint density at radius 2 is 1.87 bits per heavy atom. The van der Waals surface area contributed by atoms with Gasteiger partial charge in [0.15, 0.2) is 5.75 Å². The highest BCUT2D eigenvalue weighted by Gasteiger charge is 2.09. The molecular weight excluding hydrogens is 335 g/mol. The summed E-state index contributed by atoms with van der Waals surface area (Å²) in [6, 6.07) is 9.30. The second-order valence-electron chi connectivity index (χ2n) is 4.93. The highest BCUT2D eigenvalue weighted by atomic mass is 35.5. The van der Waals surface area contributed by atoms with Crippen molar-refractivity contribution in [1.29, 1.82) is 0 Å². The van der Waals surface area contributed by atoms with E-state index < -0.39 is 0 Å². The normalized spacial score (nSPS) is 10.6. The molecule has 0 saturated carbocycles. The van der Waals surface area contributed by atoms with E-state index in [4.69, 9.17) is 32.7 Å². The standard InChI is InChI=1S/C17H20Cl2N2O2/c1-2-8-23-17-14(18)10-13(11-15(17)19)12-20-7-9-22-16-5-3-4-6-21-16/h3-6,10-11,20H,2,7-9,12H2,1H3. The molecule has 2 aromatic rings. The lowest BCUT2D eigenvalue weighted by molar-refractivity contribution is 0.302. The monoisotopic (exact) mass is 354 g/mol. The summed E-state index contributed by atoms with van der Waals surface area (Å²) in [5, 5.41) is 4.35. The topological polar surface area (TPSA) is 43.4 Å². The van der Waals surface area contributed by atoms with Crippen LogP contribution in [0.2, 0.25) is 10.0 Å². The van der Waals surface area contributed by atoms with Gasteiger partial charge in [-0.05, 0) is 30.2 Å². The molecule has 1 heterocycles. The number of hydrogen-bond acceptors (Lipinski definition) is 4. The van der Waals surface area contributed by atoms with Crippen LogP contribution in [0.3, 0.4) is 0 Å². The van der Waals surface area contributed by atoms with Crippen LogP contribution in [0.4, 0.5) is 0 Å². The van der Waals surface area contributed by atoms with Gasteiger partial charge in [-0.1, -0.05) is 36.2 Å². The van der Waals surface area contributed by atoms with Crippen LogP contribution in [0.25, 0.3) is 0 Å². The van der Waals surface area contributed by atoms with Crippen LogP contribution in [-0.4, -0.2) is 24.7 Å². The van der Waals surface area contributed by atoms with E-state index in [9.17, 15) is 0 Å². The lowest BCUT2D eigenvalue weighted by Crippen LogP contribution is -2.20. The molecule has 1 aromatic heterocycles. The number of pyridine rings is 1. The maximum Gasteiger partial charge on any atom is 0.213 e. The van der Waals surface area contributed by atoms with Gasteiger partial charge in [-0.15, -0.1) is 0 Å². The second-order valence-corrected chi connectivity index (χ2v) is 5.74. The van der Waals surface area contributed by atoms with Gasteiger partial charge < -0.3 is 14.8 Å². The first-order chi connectivity index (χ1) is 11.2. The van der Waals surface area contributed by atoms with Gasteiger partial charge in [0.1, 0.15) is 6.61 Å². The average Bonchev–Trinajstić information content (AvgIpc) is 2.55. The van der Waals surface area contributed by atoms with Gasteiger partial charge in [0.25, 0.3) is 0 Å². The van der Waals surface area contributed by atoms with Gasteiger partial charge in [0.2, 0.25) is 5.88 Å². The maximum atomic E-state index is 6.22. The van der Waals surface area contributed by atoms with E-state index >= 15 is 0 Å². The van der Waals surface area contributed by atoms with Crippen molar-refractivity contribution >= 4 is 23.2 Å². The SMILES string of the molecule is CCCOc1c(Cl)cc(CNCCOc2ccccn2)cc1Cl.